The predicted molar refractivity (Wildman–Crippen MR) is 98.8 cm³/mol. The fourth-order valence-corrected chi connectivity index (χ4v) is 2.87. The van der Waals surface area contributed by atoms with Crippen molar-refractivity contribution in [2.45, 2.75) is 12.4 Å². The number of rotatable bonds is 2. The quantitative estimate of drug-likeness (QED) is 0.435. The Labute approximate surface area is 169 Å². The van der Waals surface area contributed by atoms with E-state index in [-0.39, 0.29) is 27.3 Å². The number of hydrogen-bond donors (Lipinski definition) is 2. The van der Waals surface area contributed by atoms with Crippen molar-refractivity contribution in [3.8, 4) is 0 Å². The van der Waals surface area contributed by atoms with Crippen LogP contribution in [0, 0.1) is 4.77 Å². The fraction of sp³-hybridized carbons (Fsp3) is 0.167. The van der Waals surface area contributed by atoms with E-state index in [4.69, 9.17) is 12.2 Å². The van der Waals surface area contributed by atoms with E-state index < -0.39 is 40.6 Å². The van der Waals surface area contributed by atoms with Crippen LogP contribution >= 0.6 is 12.2 Å². The van der Waals surface area contributed by atoms with E-state index in [1.165, 1.54) is 29.8 Å². The van der Waals surface area contributed by atoms with E-state index >= 15 is 0 Å². The van der Waals surface area contributed by atoms with Crippen LogP contribution in [0.5, 0.6) is 0 Å². The lowest BCUT2D eigenvalue weighted by atomic mass is 10.1. The summed E-state index contributed by atoms with van der Waals surface area (Å²) in [5.74, 6) is -0.968. The molecule has 0 aliphatic heterocycles. The Hall–Kier alpha value is -3.15. The lowest BCUT2D eigenvalue weighted by Gasteiger charge is -2.15. The third-order valence-corrected chi connectivity index (χ3v) is 4.58. The van der Waals surface area contributed by atoms with Gasteiger partial charge in [0.15, 0.2) is 4.77 Å². The van der Waals surface area contributed by atoms with Gasteiger partial charge in [0.05, 0.1) is 22.0 Å². The van der Waals surface area contributed by atoms with E-state index in [0.29, 0.717) is 12.1 Å². The van der Waals surface area contributed by atoms with E-state index in [1.54, 1.807) is 0 Å². The minimum atomic E-state index is -5.04. The maximum Gasteiger partial charge on any atom is 0.416 e. The molecule has 12 heteroatoms. The minimum absolute atomic E-state index is 0.0402. The van der Waals surface area contributed by atoms with Crippen molar-refractivity contribution in [2.75, 3.05) is 5.32 Å². The van der Waals surface area contributed by atoms with Crippen LogP contribution in [0.25, 0.3) is 10.9 Å². The van der Waals surface area contributed by atoms with E-state index in [2.05, 4.69) is 4.98 Å². The number of nitrogens with zero attached hydrogens (tertiary/aromatic N) is 1. The summed E-state index contributed by atoms with van der Waals surface area (Å²) >= 11 is 4.97. The van der Waals surface area contributed by atoms with Gasteiger partial charge < -0.3 is 10.3 Å². The zero-order valence-corrected chi connectivity index (χ0v) is 15.7. The van der Waals surface area contributed by atoms with Gasteiger partial charge >= 0.3 is 12.4 Å². The second-order valence-electron chi connectivity index (χ2n) is 6.30. The number of alkyl halides is 6. The number of amides is 1. The first-order valence-corrected chi connectivity index (χ1v) is 8.52. The summed E-state index contributed by atoms with van der Waals surface area (Å²) in [5.41, 5.74) is -4.15. The Bertz CT molecular complexity index is 1240. The molecular formula is C18H11F6N3O2S. The fourth-order valence-electron chi connectivity index (χ4n) is 2.68. The number of halogens is 6. The van der Waals surface area contributed by atoms with Crippen molar-refractivity contribution >= 4 is 34.7 Å². The molecule has 0 fully saturated rings. The molecule has 0 spiro atoms. The number of aromatic amines is 1. The van der Waals surface area contributed by atoms with Gasteiger partial charge in [0, 0.05) is 18.3 Å². The van der Waals surface area contributed by atoms with E-state index in [1.807, 2.05) is 5.32 Å². The molecule has 158 valence electrons. The van der Waals surface area contributed by atoms with Crippen LogP contribution in [0.1, 0.15) is 21.5 Å². The average molecular weight is 447 g/mol. The Morgan fingerprint density at radius 3 is 2.10 bits per heavy atom. The van der Waals surface area contributed by atoms with Gasteiger partial charge in [-0.1, -0.05) is 0 Å². The van der Waals surface area contributed by atoms with Crippen LogP contribution in [-0.4, -0.2) is 15.5 Å². The Kier molecular flexibility index (Phi) is 5.23. The third-order valence-electron chi connectivity index (χ3n) is 4.21. The highest BCUT2D eigenvalue weighted by atomic mass is 32.1. The van der Waals surface area contributed by atoms with Crippen molar-refractivity contribution in [1.82, 2.24) is 9.55 Å². The number of H-pyrrole nitrogens is 1. The molecule has 0 radical (unpaired) electrons. The summed E-state index contributed by atoms with van der Waals surface area (Å²) < 4.78 is 79.0. The molecule has 2 N–H and O–H groups in total. The van der Waals surface area contributed by atoms with Gasteiger partial charge in [-0.15, -0.1) is 0 Å². The summed E-state index contributed by atoms with van der Waals surface area (Å²) in [6.07, 6.45) is -10.1. The van der Waals surface area contributed by atoms with Crippen molar-refractivity contribution in [1.29, 1.82) is 0 Å². The largest absolute Gasteiger partial charge is 0.416 e. The molecular weight excluding hydrogens is 436 g/mol. The van der Waals surface area contributed by atoms with Gasteiger partial charge in [0.2, 0.25) is 0 Å². The Morgan fingerprint density at radius 1 is 1.00 bits per heavy atom. The Balaban J connectivity index is 2.02. The molecule has 0 saturated heterocycles. The minimum Gasteiger partial charge on any atom is -0.332 e. The first kappa shape index (κ1) is 21.6. The van der Waals surface area contributed by atoms with Crippen molar-refractivity contribution in [3.63, 3.8) is 0 Å². The topological polar surface area (TPSA) is 66.9 Å². The maximum absolute atomic E-state index is 13.0. The predicted octanol–water partition coefficient (Wildman–Crippen LogP) is 4.89. The molecule has 2 aromatic carbocycles. The lowest BCUT2D eigenvalue weighted by molar-refractivity contribution is -0.143. The smallest absolute Gasteiger partial charge is 0.332 e. The van der Waals surface area contributed by atoms with Crippen molar-refractivity contribution in [2.24, 2.45) is 7.05 Å². The molecule has 1 aromatic heterocycles. The molecule has 1 amide bonds. The summed E-state index contributed by atoms with van der Waals surface area (Å²) in [5, 5.41) is 2.22. The number of carbonyl (C=O) groups is 1. The van der Waals surface area contributed by atoms with Gasteiger partial charge in [0.25, 0.3) is 11.5 Å². The summed E-state index contributed by atoms with van der Waals surface area (Å²) in [4.78, 5) is 27.3. The van der Waals surface area contributed by atoms with Crippen LogP contribution in [0.2, 0.25) is 0 Å². The average Bonchev–Trinajstić information content (AvgIpc) is 2.64. The first-order chi connectivity index (χ1) is 13.8. The molecule has 3 aromatic rings. The normalized spacial score (nSPS) is 12.2. The molecule has 5 nitrogen and oxygen atoms in total. The van der Waals surface area contributed by atoms with Crippen LogP contribution in [0.4, 0.5) is 32.0 Å². The number of carbonyl (C=O) groups excluding carboxylic acids is 1. The zero-order chi connectivity index (χ0) is 22.4. The molecule has 0 unspecified atom stereocenters. The molecule has 1 heterocycles. The molecule has 0 atom stereocenters. The molecule has 0 aliphatic rings. The monoisotopic (exact) mass is 447 g/mol. The van der Waals surface area contributed by atoms with Crippen LogP contribution in [0.15, 0.2) is 41.2 Å². The standard InChI is InChI=1S/C18H11F6N3O2S/c1-27-15(29)12-3-2-8(4-13(12)26-16(27)30)14(28)25-11-6-9(17(19,20)21)5-10(7-11)18(22,23)24/h2-7H,1H3,(H,25,28)(H,26,30). The van der Waals surface area contributed by atoms with Crippen LogP contribution < -0.4 is 10.9 Å². The summed E-state index contributed by atoms with van der Waals surface area (Å²) in [6.45, 7) is 0. The van der Waals surface area contributed by atoms with Gasteiger partial charge in [-0.2, -0.15) is 26.3 Å². The number of anilines is 1. The molecule has 0 bridgehead atoms. The molecule has 30 heavy (non-hydrogen) atoms. The molecule has 3 rings (SSSR count). The second kappa shape index (κ2) is 7.27. The third kappa shape index (κ3) is 4.22. The van der Waals surface area contributed by atoms with Crippen LogP contribution in [0.3, 0.4) is 0 Å². The zero-order valence-electron chi connectivity index (χ0n) is 14.9. The Morgan fingerprint density at radius 2 is 1.57 bits per heavy atom. The SMILES string of the molecule is Cn1c(=S)[nH]c2cc(C(=O)Nc3cc(C(F)(F)F)cc(C(F)(F)F)c3)ccc2c1=O. The summed E-state index contributed by atoms with van der Waals surface area (Å²) in [6, 6.07) is 4.50. The van der Waals surface area contributed by atoms with Gasteiger partial charge in [-0.25, -0.2) is 0 Å². The maximum atomic E-state index is 13.0. The van der Waals surface area contributed by atoms with Gasteiger partial charge in [-0.3, -0.25) is 14.2 Å². The van der Waals surface area contributed by atoms with Crippen molar-refractivity contribution < 1.29 is 31.1 Å². The van der Waals surface area contributed by atoms with E-state index in [0.717, 1.165) is 0 Å². The highest BCUT2D eigenvalue weighted by molar-refractivity contribution is 7.71. The number of fused-ring (bicyclic) bond motifs is 1. The number of nitrogens with one attached hydrogen (secondary N) is 2. The summed E-state index contributed by atoms with van der Waals surface area (Å²) in [7, 11) is 1.44. The number of aromatic nitrogens is 2. The lowest BCUT2D eigenvalue weighted by Crippen LogP contribution is -2.19. The highest BCUT2D eigenvalue weighted by Gasteiger charge is 2.37. The van der Waals surface area contributed by atoms with Gasteiger partial charge in [0.1, 0.15) is 0 Å². The van der Waals surface area contributed by atoms with Crippen molar-refractivity contribution in [3.05, 3.63) is 68.2 Å². The highest BCUT2D eigenvalue weighted by Crippen LogP contribution is 2.37. The second-order valence-corrected chi connectivity index (χ2v) is 6.69. The number of benzene rings is 2. The van der Waals surface area contributed by atoms with Gasteiger partial charge in [-0.05, 0) is 48.6 Å². The molecule has 0 aliphatic carbocycles. The molecule has 0 saturated carbocycles. The number of hydrogen-bond acceptors (Lipinski definition) is 3. The first-order valence-electron chi connectivity index (χ1n) is 8.11. The van der Waals surface area contributed by atoms with Crippen LogP contribution in [-0.2, 0) is 19.4 Å². The van der Waals surface area contributed by atoms with E-state index in [9.17, 15) is 35.9 Å².